The number of carbonyl (C=O) groups is 1. The van der Waals surface area contributed by atoms with Crippen molar-refractivity contribution in [3.05, 3.63) is 10.1 Å². The second-order valence-corrected chi connectivity index (χ2v) is 2.22. The van der Waals surface area contributed by atoms with Gasteiger partial charge in [-0.2, -0.15) is 0 Å². The first-order chi connectivity index (χ1) is 4.22. The Balaban J connectivity index is 3.58. The molecule has 0 fully saturated rings. The summed E-state index contributed by atoms with van der Waals surface area (Å²) in [7, 11) is 0. The van der Waals surface area contributed by atoms with Crippen LogP contribution in [0, 0.1) is 10.1 Å². The Bertz CT molecular complexity index is 118. The van der Waals surface area contributed by atoms with E-state index in [1.54, 1.807) is 6.92 Å². The molecule has 0 N–H and O–H groups in total. The predicted octanol–water partition coefficient (Wildman–Crippen LogP) is 1.34. The van der Waals surface area contributed by atoms with E-state index in [2.05, 4.69) is 0 Å². The Morgan fingerprint density at radius 1 is 1.89 bits per heavy atom. The highest BCUT2D eigenvalue weighted by atomic mass is 32.2. The van der Waals surface area contributed by atoms with Crippen LogP contribution in [0.3, 0.4) is 0 Å². The molecule has 0 radical (unpaired) electrons. The van der Waals surface area contributed by atoms with Gasteiger partial charge in [-0.1, -0.05) is 18.9 Å². The van der Waals surface area contributed by atoms with Gasteiger partial charge in [-0.3, -0.25) is 0 Å². The summed E-state index contributed by atoms with van der Waals surface area (Å²) in [6.07, 6.45) is 0. The third-order valence-corrected chi connectivity index (χ3v) is 1.13. The number of hydroxylamine groups is 1. The van der Waals surface area contributed by atoms with Crippen molar-refractivity contribution in [3.63, 3.8) is 0 Å². The smallest absolute Gasteiger partial charge is 0.380 e. The fourth-order valence-electron chi connectivity index (χ4n) is 0.206. The van der Waals surface area contributed by atoms with E-state index in [0.29, 0.717) is 17.7 Å². The van der Waals surface area contributed by atoms with E-state index in [-0.39, 0.29) is 4.47 Å². The van der Waals surface area contributed by atoms with Crippen LogP contribution in [0.25, 0.3) is 0 Å². The zero-order valence-corrected chi connectivity index (χ0v) is 5.55. The van der Waals surface area contributed by atoms with Crippen molar-refractivity contribution >= 4 is 18.0 Å². The van der Waals surface area contributed by atoms with Crippen molar-refractivity contribution in [1.29, 1.82) is 0 Å². The molecule has 0 aliphatic rings. The zero-order valence-electron chi connectivity index (χ0n) is 4.73. The monoisotopic (exact) mass is 149 g/mol. The number of rotatable bonds is 2. The number of amides is 2. The van der Waals surface area contributed by atoms with Gasteiger partial charge in [-0.05, 0) is 0 Å². The third-order valence-electron chi connectivity index (χ3n) is 0.481. The maximum atomic E-state index is 10.2. The average molecular weight is 149 g/mol. The molecule has 9 heavy (non-hydrogen) atoms. The van der Waals surface area contributed by atoms with Crippen LogP contribution in [0.4, 0.5) is 4.79 Å². The van der Waals surface area contributed by atoms with Gasteiger partial charge >= 0.3 is 6.03 Å². The molecule has 5 nitrogen and oxygen atoms in total. The maximum absolute atomic E-state index is 10.2. The summed E-state index contributed by atoms with van der Waals surface area (Å²) in [6.45, 7) is 1.69. The van der Waals surface area contributed by atoms with Gasteiger partial charge in [0.15, 0.2) is 0 Å². The van der Waals surface area contributed by atoms with Gasteiger partial charge in [-0.25, -0.2) is 4.79 Å². The zero-order chi connectivity index (χ0) is 7.28. The minimum absolute atomic E-state index is 0.0486. The van der Waals surface area contributed by atoms with Crippen molar-refractivity contribution < 1.29 is 4.79 Å². The lowest BCUT2D eigenvalue weighted by molar-refractivity contribution is 0.242. The average Bonchev–Trinajstić information content (AvgIpc) is 1.87. The molecule has 0 aromatic rings. The van der Waals surface area contributed by atoms with Crippen LogP contribution in [0.2, 0.25) is 0 Å². The lowest BCUT2D eigenvalue weighted by Gasteiger charge is -2.20. The molecule has 0 aliphatic carbocycles. The van der Waals surface area contributed by atoms with E-state index in [1.165, 1.54) is 0 Å². The van der Waals surface area contributed by atoms with Crippen LogP contribution in [-0.2, 0) is 0 Å². The number of urea groups is 1. The quantitative estimate of drug-likeness (QED) is 0.337. The molecule has 2 amide bonds. The molecular formula is C3H5N2O3S-. The number of hydrogen-bond donors (Lipinski definition) is 0. The SMILES string of the molecule is CCSN([O-])C(=O)N=O. The van der Waals surface area contributed by atoms with E-state index in [9.17, 15) is 14.9 Å². The molecule has 0 aromatic heterocycles. The molecule has 0 saturated heterocycles. The first kappa shape index (κ1) is 8.38. The molecule has 0 atom stereocenters. The summed E-state index contributed by atoms with van der Waals surface area (Å²) in [5.74, 6) is 0.449. The van der Waals surface area contributed by atoms with E-state index < -0.39 is 6.03 Å². The normalized spacial score (nSPS) is 8.67. The van der Waals surface area contributed by atoms with Crippen LogP contribution in [0.1, 0.15) is 6.92 Å². The van der Waals surface area contributed by atoms with E-state index in [4.69, 9.17) is 0 Å². The van der Waals surface area contributed by atoms with Gasteiger partial charge in [0.1, 0.15) is 0 Å². The second-order valence-electron chi connectivity index (χ2n) is 1.05. The molecule has 0 aliphatic heterocycles. The third kappa shape index (κ3) is 3.04. The Labute approximate surface area is 56.1 Å². The summed E-state index contributed by atoms with van der Waals surface area (Å²) >= 11 is 0.698. The highest BCUT2D eigenvalue weighted by Crippen LogP contribution is 2.07. The standard InChI is InChI=1S/C3H5N2O3S/c1-2-9-5(8)3(6)4-7/h2H2,1H3/q-1. The first-order valence-electron chi connectivity index (χ1n) is 2.19. The van der Waals surface area contributed by atoms with E-state index >= 15 is 0 Å². The maximum Gasteiger partial charge on any atom is 0.380 e. The fourth-order valence-corrected chi connectivity index (χ4v) is 0.584. The first-order valence-corrected chi connectivity index (χ1v) is 3.14. The molecule has 6 heteroatoms. The second kappa shape index (κ2) is 4.28. The predicted molar refractivity (Wildman–Crippen MR) is 34.5 cm³/mol. The summed E-state index contributed by atoms with van der Waals surface area (Å²) in [5, 5.41) is 12.1. The van der Waals surface area contributed by atoms with Crippen LogP contribution < -0.4 is 0 Å². The van der Waals surface area contributed by atoms with Crippen molar-refractivity contribution in [1.82, 2.24) is 4.47 Å². The molecule has 0 aromatic carbocycles. The van der Waals surface area contributed by atoms with Gasteiger partial charge in [-0.15, -0.1) is 4.91 Å². The molecule has 0 saturated carbocycles. The molecular weight excluding hydrogens is 144 g/mol. The minimum atomic E-state index is -1.29. The fraction of sp³-hybridized carbons (Fsp3) is 0.667. The Morgan fingerprint density at radius 2 is 2.44 bits per heavy atom. The van der Waals surface area contributed by atoms with Crippen molar-refractivity contribution in [2.75, 3.05) is 5.75 Å². The lowest BCUT2D eigenvalue weighted by atomic mass is 11.0. The van der Waals surface area contributed by atoms with Crippen LogP contribution in [0.5, 0.6) is 0 Å². The van der Waals surface area contributed by atoms with Crippen molar-refractivity contribution in [2.45, 2.75) is 6.92 Å². The van der Waals surface area contributed by atoms with Crippen molar-refractivity contribution in [3.8, 4) is 0 Å². The summed E-state index contributed by atoms with van der Waals surface area (Å²) < 4.78 is -0.0486. The Kier molecular flexibility index (Phi) is 3.98. The number of nitrogens with zero attached hydrogens (tertiary/aromatic N) is 2. The van der Waals surface area contributed by atoms with Gasteiger partial charge in [0.2, 0.25) is 0 Å². The topological polar surface area (TPSA) is 72.8 Å². The molecule has 0 heterocycles. The molecule has 52 valence electrons. The summed E-state index contributed by atoms with van der Waals surface area (Å²) in [5.41, 5.74) is 0. The van der Waals surface area contributed by atoms with E-state index in [1.807, 2.05) is 5.18 Å². The molecule has 0 unspecified atom stereocenters. The van der Waals surface area contributed by atoms with Gasteiger partial charge in [0.25, 0.3) is 0 Å². The molecule has 0 rings (SSSR count). The Hall–Kier alpha value is -0.620. The highest BCUT2D eigenvalue weighted by molar-refractivity contribution is 7.97. The highest BCUT2D eigenvalue weighted by Gasteiger charge is 2.00. The van der Waals surface area contributed by atoms with Crippen LogP contribution in [0.15, 0.2) is 5.18 Å². The van der Waals surface area contributed by atoms with Gasteiger partial charge in [0.05, 0.1) is 0 Å². The molecule has 0 spiro atoms. The lowest BCUT2D eigenvalue weighted by Crippen LogP contribution is -2.12. The van der Waals surface area contributed by atoms with Crippen LogP contribution in [-0.4, -0.2) is 16.3 Å². The molecule has 0 bridgehead atoms. The summed E-state index contributed by atoms with van der Waals surface area (Å²) in [6, 6.07) is -1.29. The number of hydrogen-bond acceptors (Lipinski definition) is 4. The minimum Gasteiger partial charge on any atom is -0.744 e. The number of nitroso groups, excluding NO2 is 1. The van der Waals surface area contributed by atoms with Crippen LogP contribution >= 0.6 is 11.9 Å². The van der Waals surface area contributed by atoms with Gasteiger partial charge in [0, 0.05) is 10.9 Å². The van der Waals surface area contributed by atoms with Gasteiger partial charge < -0.3 is 9.68 Å². The number of carbonyl (C=O) groups excluding carboxylic acids is 1. The summed E-state index contributed by atoms with van der Waals surface area (Å²) in [4.78, 5) is 19.4. The van der Waals surface area contributed by atoms with Crippen molar-refractivity contribution in [2.24, 2.45) is 5.18 Å². The van der Waals surface area contributed by atoms with E-state index in [0.717, 1.165) is 0 Å². The largest absolute Gasteiger partial charge is 0.744 e. The Morgan fingerprint density at radius 3 is 2.78 bits per heavy atom.